The fourth-order valence-electron chi connectivity index (χ4n) is 4.84. The van der Waals surface area contributed by atoms with Crippen LogP contribution in [0.5, 0.6) is 5.75 Å². The Hall–Kier alpha value is -4.25. The van der Waals surface area contributed by atoms with Gasteiger partial charge in [0.2, 0.25) is 0 Å². The maximum Gasteiger partial charge on any atom is 0.184 e. The van der Waals surface area contributed by atoms with E-state index in [0.717, 1.165) is 30.7 Å². The van der Waals surface area contributed by atoms with Crippen LogP contribution in [0, 0.1) is 6.92 Å². The number of carbonyl (C=O) groups excluding carboxylic acids is 1. The number of aromatic nitrogens is 6. The minimum absolute atomic E-state index is 0.0213. The van der Waals surface area contributed by atoms with Gasteiger partial charge in [0.15, 0.2) is 23.2 Å². The number of ketones is 1. The Balaban J connectivity index is 1.42. The van der Waals surface area contributed by atoms with E-state index < -0.39 is 0 Å². The van der Waals surface area contributed by atoms with Gasteiger partial charge in [-0.15, -0.1) is 0 Å². The molecule has 0 spiro atoms. The van der Waals surface area contributed by atoms with Gasteiger partial charge in [0.05, 0.1) is 41.8 Å². The molecule has 0 atom stereocenters. The van der Waals surface area contributed by atoms with E-state index in [4.69, 9.17) is 14.6 Å². The Labute approximate surface area is 227 Å². The summed E-state index contributed by atoms with van der Waals surface area (Å²) in [4.78, 5) is 21.7. The van der Waals surface area contributed by atoms with Crippen LogP contribution < -0.4 is 15.4 Å². The smallest absolute Gasteiger partial charge is 0.184 e. The highest BCUT2D eigenvalue weighted by Gasteiger charge is 2.32. The number of nitrogens with one attached hydrogen (secondary N) is 2. The number of anilines is 4. The second-order valence-corrected chi connectivity index (χ2v) is 9.59. The van der Waals surface area contributed by atoms with Crippen LogP contribution in [-0.2, 0) is 11.8 Å². The number of methoxy groups -OCH3 is 1. The summed E-state index contributed by atoms with van der Waals surface area (Å²) in [5.41, 5.74) is 3.59. The summed E-state index contributed by atoms with van der Waals surface area (Å²) in [6, 6.07) is 9.83. The summed E-state index contributed by atoms with van der Waals surface area (Å²) in [6.45, 7) is 6.63. The molecule has 0 aliphatic heterocycles. The van der Waals surface area contributed by atoms with Gasteiger partial charge in [0, 0.05) is 44.1 Å². The molecule has 11 heteroatoms. The normalized spacial score (nSPS) is 16.5. The number of ether oxygens (including phenoxy) is 2. The highest BCUT2D eigenvalue weighted by Crippen LogP contribution is 2.38. The van der Waals surface area contributed by atoms with Crippen molar-refractivity contribution in [2.45, 2.75) is 52.2 Å². The van der Waals surface area contributed by atoms with Crippen molar-refractivity contribution in [1.82, 2.24) is 29.5 Å². The first-order valence-electron chi connectivity index (χ1n) is 13.2. The number of rotatable bonds is 11. The highest BCUT2D eigenvalue weighted by molar-refractivity contribution is 6.02. The molecule has 204 valence electrons. The molecule has 1 aliphatic carbocycles. The molecule has 5 rings (SSSR count). The molecule has 1 saturated carbocycles. The van der Waals surface area contributed by atoms with Crippen molar-refractivity contribution < 1.29 is 14.3 Å². The number of nitrogens with zero attached hydrogens (tertiary/aromatic N) is 6. The zero-order chi connectivity index (χ0) is 27.5. The Morgan fingerprint density at radius 3 is 2.59 bits per heavy atom. The van der Waals surface area contributed by atoms with E-state index in [1.54, 1.807) is 24.3 Å². The standard InChI is InChI=1S/C28H34N8O3/c1-6-24(37)21-15-29-25(32-26-11-17(3)36(33-26)18-12-19(13-18)39-7-2)14-23(21)31-22-10-8-9-20(27(22)38-5)28-30-16-35(4)34-28/h8-11,14-16,18-19H,6-7,12-13H2,1-5H3,(H2,29,31,32,33)/t18-,19+. The Morgan fingerprint density at radius 1 is 1.08 bits per heavy atom. The third-order valence-electron chi connectivity index (χ3n) is 6.85. The van der Waals surface area contributed by atoms with Gasteiger partial charge in [-0.1, -0.05) is 13.0 Å². The van der Waals surface area contributed by atoms with Crippen molar-refractivity contribution in [2.24, 2.45) is 7.05 Å². The molecule has 0 radical (unpaired) electrons. The number of hydrogen-bond acceptors (Lipinski definition) is 9. The predicted octanol–water partition coefficient (Wildman–Crippen LogP) is 5.21. The van der Waals surface area contributed by atoms with E-state index in [-0.39, 0.29) is 5.78 Å². The van der Waals surface area contributed by atoms with Crippen LogP contribution in [-0.4, -0.2) is 55.1 Å². The Bertz CT molecular complexity index is 1470. The van der Waals surface area contributed by atoms with Crippen LogP contribution in [0.4, 0.5) is 23.0 Å². The summed E-state index contributed by atoms with van der Waals surface area (Å²) in [6.07, 6.45) is 5.82. The lowest BCUT2D eigenvalue weighted by molar-refractivity contribution is -0.0231. The van der Waals surface area contributed by atoms with Gasteiger partial charge >= 0.3 is 0 Å². The SMILES string of the molecule is CCO[C@H]1C[C@@H](n2nc(Nc3cc(Nc4cccc(-c5ncn(C)n5)c4OC)c(C(=O)CC)cn3)cc2C)C1. The number of hydrogen-bond donors (Lipinski definition) is 2. The molecule has 0 amide bonds. The number of carbonyl (C=O) groups is 1. The van der Waals surface area contributed by atoms with Crippen LogP contribution in [0.15, 0.2) is 42.9 Å². The lowest BCUT2D eigenvalue weighted by atomic mass is 9.89. The van der Waals surface area contributed by atoms with Gasteiger partial charge in [0.25, 0.3) is 0 Å². The molecule has 1 aromatic carbocycles. The minimum atomic E-state index is -0.0213. The van der Waals surface area contributed by atoms with E-state index in [1.165, 1.54) is 0 Å². The molecule has 1 aliphatic rings. The van der Waals surface area contributed by atoms with Gasteiger partial charge in [-0.05, 0) is 38.8 Å². The summed E-state index contributed by atoms with van der Waals surface area (Å²) in [7, 11) is 3.41. The molecule has 2 N–H and O–H groups in total. The van der Waals surface area contributed by atoms with Crippen molar-refractivity contribution in [3.8, 4) is 17.1 Å². The van der Waals surface area contributed by atoms with E-state index in [2.05, 4.69) is 25.7 Å². The third kappa shape index (κ3) is 5.49. The fraction of sp³-hybridized carbons (Fsp3) is 0.393. The van der Waals surface area contributed by atoms with Crippen molar-refractivity contribution in [3.05, 3.63) is 54.1 Å². The van der Waals surface area contributed by atoms with E-state index in [1.807, 2.05) is 62.8 Å². The summed E-state index contributed by atoms with van der Waals surface area (Å²) in [5.74, 6) is 2.36. The lowest BCUT2D eigenvalue weighted by Gasteiger charge is -2.35. The van der Waals surface area contributed by atoms with Crippen molar-refractivity contribution >= 4 is 28.8 Å². The molecule has 4 aromatic rings. The third-order valence-corrected chi connectivity index (χ3v) is 6.85. The second kappa shape index (κ2) is 11.2. The van der Waals surface area contributed by atoms with Crippen LogP contribution in [0.2, 0.25) is 0 Å². The zero-order valence-corrected chi connectivity index (χ0v) is 22.9. The molecule has 1 fully saturated rings. The molecular formula is C28H34N8O3. The average Bonchev–Trinajstić information content (AvgIpc) is 3.50. The van der Waals surface area contributed by atoms with Crippen LogP contribution in [0.1, 0.15) is 55.2 Å². The van der Waals surface area contributed by atoms with Crippen LogP contribution in [0.3, 0.4) is 0 Å². The van der Waals surface area contributed by atoms with Crippen molar-refractivity contribution in [1.29, 1.82) is 0 Å². The Morgan fingerprint density at radius 2 is 1.90 bits per heavy atom. The summed E-state index contributed by atoms with van der Waals surface area (Å²) in [5, 5.41) is 15.9. The Kier molecular flexibility index (Phi) is 7.60. The molecule has 3 aromatic heterocycles. The van der Waals surface area contributed by atoms with Crippen LogP contribution >= 0.6 is 0 Å². The largest absolute Gasteiger partial charge is 0.494 e. The zero-order valence-electron chi connectivity index (χ0n) is 22.9. The average molecular weight is 531 g/mol. The van der Waals surface area contributed by atoms with E-state index in [0.29, 0.717) is 58.7 Å². The molecule has 39 heavy (non-hydrogen) atoms. The first-order chi connectivity index (χ1) is 18.9. The molecule has 0 bridgehead atoms. The summed E-state index contributed by atoms with van der Waals surface area (Å²) >= 11 is 0. The number of pyridine rings is 1. The van der Waals surface area contributed by atoms with Crippen LogP contribution in [0.25, 0.3) is 11.4 Å². The lowest BCUT2D eigenvalue weighted by Crippen LogP contribution is -2.34. The van der Waals surface area contributed by atoms with Crippen molar-refractivity contribution in [3.63, 3.8) is 0 Å². The van der Waals surface area contributed by atoms with Gasteiger partial charge in [-0.25, -0.2) is 9.97 Å². The fourth-order valence-corrected chi connectivity index (χ4v) is 4.84. The number of benzene rings is 1. The van der Waals surface area contributed by atoms with Gasteiger partial charge in [-0.2, -0.15) is 10.2 Å². The van der Waals surface area contributed by atoms with Crippen molar-refractivity contribution in [2.75, 3.05) is 24.4 Å². The first-order valence-corrected chi connectivity index (χ1v) is 13.2. The molecule has 0 saturated heterocycles. The maximum atomic E-state index is 12.8. The number of Topliss-reactive ketones (excluding diaryl/α,β-unsaturated/α-hetero) is 1. The van der Waals surface area contributed by atoms with E-state index >= 15 is 0 Å². The quantitative estimate of drug-likeness (QED) is 0.252. The first kappa shape index (κ1) is 26.4. The molecule has 0 unspecified atom stereocenters. The van der Waals surface area contributed by atoms with E-state index in [9.17, 15) is 4.79 Å². The highest BCUT2D eigenvalue weighted by atomic mass is 16.5. The molecular weight excluding hydrogens is 496 g/mol. The summed E-state index contributed by atoms with van der Waals surface area (Å²) < 4.78 is 15.1. The van der Waals surface area contributed by atoms with Gasteiger partial charge < -0.3 is 20.1 Å². The molecule has 11 nitrogen and oxygen atoms in total. The minimum Gasteiger partial charge on any atom is -0.494 e. The predicted molar refractivity (Wildman–Crippen MR) is 149 cm³/mol. The second-order valence-electron chi connectivity index (χ2n) is 9.59. The van der Waals surface area contributed by atoms with Gasteiger partial charge in [-0.3, -0.25) is 14.2 Å². The molecule has 3 heterocycles. The van der Waals surface area contributed by atoms with Gasteiger partial charge in [0.1, 0.15) is 12.1 Å². The number of para-hydroxylation sites is 1. The number of aryl methyl sites for hydroxylation is 2. The maximum absolute atomic E-state index is 12.8. The topological polar surface area (TPSA) is 121 Å². The monoisotopic (exact) mass is 530 g/mol.